The van der Waals surface area contributed by atoms with E-state index >= 15 is 4.39 Å². The fourth-order valence-electron chi connectivity index (χ4n) is 5.50. The maximum Gasteiger partial charge on any atom is 0.182 e. The van der Waals surface area contributed by atoms with E-state index in [1.807, 2.05) is 6.20 Å². The molecule has 0 bridgehead atoms. The van der Waals surface area contributed by atoms with E-state index in [0.29, 0.717) is 34.0 Å². The number of likely N-dealkylation sites (tertiary alicyclic amines) is 1. The molecule has 8 nitrogen and oxygen atoms in total. The van der Waals surface area contributed by atoms with Gasteiger partial charge in [0.05, 0.1) is 23.1 Å². The lowest BCUT2D eigenvalue weighted by Gasteiger charge is -2.35. The molecule has 4 aromatic rings. The number of methoxy groups -OCH3 is 1. The second-order valence-electron chi connectivity index (χ2n) is 10.4. The minimum atomic E-state index is -3.81. The van der Waals surface area contributed by atoms with Gasteiger partial charge in [0.15, 0.2) is 9.84 Å². The number of aryl methyl sites for hydroxylation is 1. The van der Waals surface area contributed by atoms with Crippen LogP contribution in [0, 0.1) is 12.7 Å². The Balaban J connectivity index is 1.53. The van der Waals surface area contributed by atoms with Crippen molar-refractivity contribution in [3.63, 3.8) is 0 Å². The van der Waals surface area contributed by atoms with E-state index in [9.17, 15) is 8.42 Å². The van der Waals surface area contributed by atoms with Gasteiger partial charge in [-0.2, -0.15) is 0 Å². The molecule has 0 unspecified atom stereocenters. The van der Waals surface area contributed by atoms with Gasteiger partial charge in [0.25, 0.3) is 0 Å². The van der Waals surface area contributed by atoms with Crippen LogP contribution in [0.4, 0.5) is 10.2 Å². The molecule has 3 heterocycles. The van der Waals surface area contributed by atoms with Crippen molar-refractivity contribution in [2.24, 2.45) is 0 Å². The number of nitrogens with two attached hydrogens (primary N) is 1. The first-order valence-electron chi connectivity index (χ1n) is 13.1. The topological polar surface area (TPSA) is 103 Å². The molecule has 1 fully saturated rings. The average Bonchev–Trinajstić information content (AvgIpc) is 3.30. The molecule has 0 radical (unpaired) electrons. The predicted molar refractivity (Wildman–Crippen MR) is 151 cm³/mol. The highest BCUT2D eigenvalue weighted by Crippen LogP contribution is 2.38. The lowest BCUT2D eigenvalue weighted by molar-refractivity contribution is 0.153. The van der Waals surface area contributed by atoms with Gasteiger partial charge in [0.1, 0.15) is 29.4 Å². The normalized spacial score (nSPS) is 15.3. The molecule has 10 heteroatoms. The third kappa shape index (κ3) is 5.10. The van der Waals surface area contributed by atoms with E-state index in [4.69, 9.17) is 10.5 Å². The smallest absolute Gasteiger partial charge is 0.182 e. The minimum absolute atomic E-state index is 0.0857. The van der Waals surface area contributed by atoms with Crippen molar-refractivity contribution in [2.75, 3.05) is 25.9 Å². The highest BCUT2D eigenvalue weighted by molar-refractivity contribution is 7.90. The van der Waals surface area contributed by atoms with Crippen LogP contribution in [0.25, 0.3) is 22.2 Å². The van der Waals surface area contributed by atoms with Crippen LogP contribution in [0.1, 0.15) is 43.9 Å². The molecule has 2 aromatic carbocycles. The van der Waals surface area contributed by atoms with Crippen molar-refractivity contribution >= 4 is 26.7 Å². The molecule has 1 aliphatic rings. The summed E-state index contributed by atoms with van der Waals surface area (Å²) in [6.45, 7) is 8.09. The summed E-state index contributed by atoms with van der Waals surface area (Å²) in [5.41, 5.74) is 8.57. The van der Waals surface area contributed by atoms with Crippen LogP contribution in [0.2, 0.25) is 0 Å². The molecule has 5 rings (SSSR count). The first-order chi connectivity index (χ1) is 18.6. The lowest BCUT2D eigenvalue weighted by atomic mass is 10.0. The van der Waals surface area contributed by atoms with Crippen LogP contribution >= 0.6 is 0 Å². The number of rotatable bonds is 7. The fourth-order valence-corrected chi connectivity index (χ4v) is 6.93. The third-order valence-electron chi connectivity index (χ3n) is 7.70. The molecule has 2 N–H and O–H groups in total. The quantitative estimate of drug-likeness (QED) is 0.339. The number of nitrogens with zero attached hydrogens (tertiary/aromatic N) is 4. The summed E-state index contributed by atoms with van der Waals surface area (Å²) >= 11 is 0. The summed E-state index contributed by atoms with van der Waals surface area (Å²) in [7, 11) is -2.28. The van der Waals surface area contributed by atoms with Crippen molar-refractivity contribution in [3.8, 4) is 16.9 Å². The van der Waals surface area contributed by atoms with Gasteiger partial charge in [-0.25, -0.2) is 22.8 Å². The zero-order valence-electron chi connectivity index (χ0n) is 22.7. The molecular formula is C29H34FN5O3S. The Morgan fingerprint density at radius 3 is 2.54 bits per heavy atom. The average molecular weight is 552 g/mol. The summed E-state index contributed by atoms with van der Waals surface area (Å²) in [6.07, 6.45) is 5.20. The van der Waals surface area contributed by atoms with Crippen molar-refractivity contribution in [3.05, 3.63) is 65.9 Å². The lowest BCUT2D eigenvalue weighted by Crippen LogP contribution is -2.38. The molecule has 0 atom stereocenters. The maximum atomic E-state index is 16.1. The van der Waals surface area contributed by atoms with Crippen molar-refractivity contribution < 1.29 is 17.5 Å². The first-order valence-corrected chi connectivity index (χ1v) is 14.8. The SMILES string of the molecule is COc1ccc(S(=O)(=O)Cc2cccc(-c3cn(C4CCN(C(C)C)CC4)c4ncnc(N)c34)c2F)cc1C. The van der Waals surface area contributed by atoms with Gasteiger partial charge >= 0.3 is 0 Å². The van der Waals surface area contributed by atoms with Gasteiger partial charge in [0.2, 0.25) is 0 Å². The Labute approximate surface area is 228 Å². The fraction of sp³-hybridized carbons (Fsp3) is 0.379. The highest BCUT2D eigenvalue weighted by Gasteiger charge is 2.27. The number of nitrogen functional groups attached to an aromatic ring is 1. The Kier molecular flexibility index (Phi) is 7.35. The summed E-state index contributed by atoms with van der Waals surface area (Å²) in [5.74, 6) is -0.215. The monoisotopic (exact) mass is 551 g/mol. The zero-order valence-corrected chi connectivity index (χ0v) is 23.5. The number of sulfone groups is 1. The van der Waals surface area contributed by atoms with Gasteiger partial charge in [-0.1, -0.05) is 18.2 Å². The standard InChI is InChI=1S/C29H34FN5O3S/c1-18(2)34-12-10-21(11-13-34)35-15-24(26-28(31)32-17-33-29(26)35)23-7-5-6-20(27(23)30)16-39(36,37)22-8-9-25(38-4)19(3)14-22/h5-9,14-15,17-18,21H,10-13,16H2,1-4H3,(H2,31,32,33). The highest BCUT2D eigenvalue weighted by atomic mass is 32.2. The number of anilines is 1. The van der Waals surface area contributed by atoms with E-state index in [2.05, 4.69) is 33.3 Å². The number of halogens is 1. The predicted octanol–water partition coefficient (Wildman–Crippen LogP) is 5.16. The second kappa shape index (κ2) is 10.6. The first kappa shape index (κ1) is 27.1. The van der Waals surface area contributed by atoms with Crippen LogP contribution in [-0.4, -0.2) is 54.1 Å². The molecular weight excluding hydrogens is 517 g/mol. The van der Waals surface area contributed by atoms with Gasteiger partial charge < -0.3 is 19.9 Å². The summed E-state index contributed by atoms with van der Waals surface area (Å²) < 4.78 is 49.9. The Morgan fingerprint density at radius 1 is 1.13 bits per heavy atom. The maximum absolute atomic E-state index is 16.1. The molecule has 206 valence electrons. The van der Waals surface area contributed by atoms with E-state index in [-0.39, 0.29) is 27.9 Å². The Morgan fingerprint density at radius 2 is 1.87 bits per heavy atom. The van der Waals surface area contributed by atoms with Crippen molar-refractivity contribution in [1.82, 2.24) is 19.4 Å². The molecule has 2 aromatic heterocycles. The molecule has 0 aliphatic carbocycles. The summed E-state index contributed by atoms with van der Waals surface area (Å²) in [4.78, 5) is 11.3. The van der Waals surface area contributed by atoms with E-state index in [0.717, 1.165) is 25.9 Å². The van der Waals surface area contributed by atoms with Crippen LogP contribution in [0.15, 0.2) is 53.8 Å². The van der Waals surface area contributed by atoms with Gasteiger partial charge in [-0.3, -0.25) is 0 Å². The molecule has 39 heavy (non-hydrogen) atoms. The molecule has 1 saturated heterocycles. The number of aromatic nitrogens is 3. The molecule has 0 spiro atoms. The van der Waals surface area contributed by atoms with E-state index in [1.165, 1.54) is 25.6 Å². The molecule has 0 amide bonds. The Hall–Kier alpha value is -3.50. The molecule has 0 saturated carbocycles. The summed E-state index contributed by atoms with van der Waals surface area (Å²) in [5, 5.41) is 0.577. The number of hydrogen-bond acceptors (Lipinski definition) is 7. The van der Waals surface area contributed by atoms with Gasteiger partial charge in [0, 0.05) is 48.1 Å². The van der Waals surface area contributed by atoms with Gasteiger partial charge in [-0.15, -0.1) is 0 Å². The zero-order chi connectivity index (χ0) is 27.9. The molecule has 1 aliphatic heterocycles. The van der Waals surface area contributed by atoms with Crippen LogP contribution in [0.5, 0.6) is 5.75 Å². The number of piperidine rings is 1. The van der Waals surface area contributed by atoms with Gasteiger partial charge in [-0.05, 0) is 57.4 Å². The second-order valence-corrected chi connectivity index (χ2v) is 12.4. The largest absolute Gasteiger partial charge is 0.496 e. The Bertz CT molecular complexity index is 1630. The number of fused-ring (bicyclic) bond motifs is 1. The van der Waals surface area contributed by atoms with Crippen LogP contribution in [0.3, 0.4) is 0 Å². The van der Waals surface area contributed by atoms with E-state index < -0.39 is 21.4 Å². The summed E-state index contributed by atoms with van der Waals surface area (Å²) in [6, 6.07) is 10.1. The van der Waals surface area contributed by atoms with Crippen LogP contribution < -0.4 is 10.5 Å². The van der Waals surface area contributed by atoms with Crippen LogP contribution in [-0.2, 0) is 15.6 Å². The number of hydrogen-bond donors (Lipinski definition) is 1. The number of ether oxygens (including phenoxy) is 1. The third-order valence-corrected chi connectivity index (χ3v) is 9.36. The van der Waals surface area contributed by atoms with Crippen molar-refractivity contribution in [1.29, 1.82) is 0 Å². The van der Waals surface area contributed by atoms with Crippen molar-refractivity contribution in [2.45, 2.75) is 56.3 Å². The van der Waals surface area contributed by atoms with E-state index in [1.54, 1.807) is 31.2 Å². The number of benzene rings is 2. The minimum Gasteiger partial charge on any atom is -0.496 e.